The van der Waals surface area contributed by atoms with Gasteiger partial charge in [0.15, 0.2) is 12.4 Å². The number of hydrogen-bond acceptors (Lipinski definition) is 8. The van der Waals surface area contributed by atoms with Crippen LogP contribution in [0.1, 0.15) is 0 Å². The first-order valence-corrected chi connectivity index (χ1v) is 4.76. The predicted molar refractivity (Wildman–Crippen MR) is 47.6 cm³/mol. The van der Waals surface area contributed by atoms with Crippen LogP contribution >= 0.6 is 0 Å². The monoisotopic (exact) mass is 213 g/mol. The Morgan fingerprint density at radius 3 is 3.13 bits per heavy atom. The number of aliphatic imine (C=N–C) groups is 1. The molecule has 3 aliphatic rings. The first-order valence-electron chi connectivity index (χ1n) is 4.76. The Morgan fingerprint density at radius 1 is 1.53 bits per heavy atom. The molecule has 0 aromatic heterocycles. The summed E-state index contributed by atoms with van der Waals surface area (Å²) in [7, 11) is 0. The molecule has 0 spiro atoms. The lowest BCUT2D eigenvalue weighted by Gasteiger charge is -2.33. The lowest BCUT2D eigenvalue weighted by Crippen LogP contribution is -2.58. The van der Waals surface area contributed by atoms with Gasteiger partial charge in [-0.3, -0.25) is 4.84 Å². The molecule has 1 fully saturated rings. The van der Waals surface area contributed by atoms with Gasteiger partial charge in [0.25, 0.3) is 0 Å². The number of hydroxylamine groups is 1. The summed E-state index contributed by atoms with van der Waals surface area (Å²) in [5.41, 5.74) is 2.39. The maximum Gasteiger partial charge on any atom is 0.215 e. The van der Waals surface area contributed by atoms with Gasteiger partial charge in [-0.2, -0.15) is 0 Å². The van der Waals surface area contributed by atoms with Crippen LogP contribution in [0.2, 0.25) is 0 Å². The lowest BCUT2D eigenvalue weighted by molar-refractivity contribution is -0.219. The molecule has 2 atom stereocenters. The summed E-state index contributed by atoms with van der Waals surface area (Å²) in [6.07, 6.45) is 1.41. The van der Waals surface area contributed by atoms with Crippen molar-refractivity contribution in [3.8, 4) is 0 Å². The van der Waals surface area contributed by atoms with E-state index in [4.69, 9.17) is 14.4 Å². The number of nitrogens with zero attached hydrogens (tertiary/aromatic N) is 4. The van der Waals surface area contributed by atoms with E-state index in [2.05, 4.69) is 20.8 Å². The third-order valence-electron chi connectivity index (χ3n) is 2.59. The fraction of sp³-hybridized carbons (Fsp3) is 0.857. The summed E-state index contributed by atoms with van der Waals surface area (Å²) in [5.74, 6) is 0. The summed E-state index contributed by atoms with van der Waals surface area (Å²) >= 11 is 0. The van der Waals surface area contributed by atoms with Crippen molar-refractivity contribution in [2.75, 3.05) is 26.4 Å². The molecular formula is C7H11N5O3. The second-order valence-electron chi connectivity index (χ2n) is 3.47. The SMILES string of the molecule is C1=NC(C2CON=N2)(N2NCCO2)CO1. The largest absolute Gasteiger partial charge is 0.479 e. The van der Waals surface area contributed by atoms with Crippen LogP contribution in [0.5, 0.6) is 0 Å². The Hall–Kier alpha value is -1.25. The molecule has 0 radical (unpaired) electrons. The van der Waals surface area contributed by atoms with Crippen LogP contribution < -0.4 is 5.43 Å². The summed E-state index contributed by atoms with van der Waals surface area (Å²) < 4.78 is 5.17. The third kappa shape index (κ3) is 1.29. The van der Waals surface area contributed by atoms with Crippen LogP contribution in [0.15, 0.2) is 15.4 Å². The maximum absolute atomic E-state index is 5.42. The molecule has 8 nitrogen and oxygen atoms in total. The van der Waals surface area contributed by atoms with Crippen molar-refractivity contribution in [2.45, 2.75) is 11.7 Å². The molecule has 1 saturated heterocycles. The van der Waals surface area contributed by atoms with Crippen LogP contribution in [-0.2, 0) is 14.4 Å². The van der Waals surface area contributed by atoms with E-state index in [0.29, 0.717) is 19.8 Å². The van der Waals surface area contributed by atoms with Crippen LogP contribution in [0, 0.1) is 0 Å². The third-order valence-corrected chi connectivity index (χ3v) is 2.59. The first-order chi connectivity index (χ1) is 7.42. The Labute approximate surface area is 85.8 Å². The molecule has 8 heteroatoms. The van der Waals surface area contributed by atoms with E-state index >= 15 is 0 Å². The molecule has 3 rings (SSSR count). The van der Waals surface area contributed by atoms with Crippen molar-refractivity contribution in [3.63, 3.8) is 0 Å². The second kappa shape index (κ2) is 3.40. The summed E-state index contributed by atoms with van der Waals surface area (Å²) in [4.78, 5) is 14.6. The van der Waals surface area contributed by atoms with Crippen molar-refractivity contribution in [2.24, 2.45) is 15.4 Å². The van der Waals surface area contributed by atoms with E-state index in [0.717, 1.165) is 6.54 Å². The molecule has 0 aromatic carbocycles. The van der Waals surface area contributed by atoms with E-state index in [-0.39, 0.29) is 6.04 Å². The topological polar surface area (TPSA) is 80.0 Å². The van der Waals surface area contributed by atoms with Gasteiger partial charge >= 0.3 is 0 Å². The molecular weight excluding hydrogens is 202 g/mol. The summed E-state index contributed by atoms with van der Waals surface area (Å²) in [6, 6.07) is -0.207. The summed E-state index contributed by atoms with van der Waals surface area (Å²) in [6.45, 7) is 2.14. The van der Waals surface area contributed by atoms with Gasteiger partial charge < -0.3 is 9.57 Å². The quantitative estimate of drug-likeness (QED) is 0.653. The Bertz CT molecular complexity index is 303. The van der Waals surface area contributed by atoms with Crippen molar-refractivity contribution < 1.29 is 14.4 Å². The zero-order chi connectivity index (χ0) is 10.1. The zero-order valence-corrected chi connectivity index (χ0v) is 8.00. The van der Waals surface area contributed by atoms with Crippen molar-refractivity contribution in [1.29, 1.82) is 0 Å². The molecule has 0 amide bonds. The highest BCUT2D eigenvalue weighted by Crippen LogP contribution is 2.30. The molecule has 0 aromatic rings. The number of ether oxygens (including phenoxy) is 1. The van der Waals surface area contributed by atoms with Gasteiger partial charge in [-0.05, 0) is 0 Å². The highest BCUT2D eigenvalue weighted by Gasteiger charge is 2.52. The van der Waals surface area contributed by atoms with Crippen molar-refractivity contribution >= 4 is 6.40 Å². The average molecular weight is 213 g/mol. The van der Waals surface area contributed by atoms with Crippen LogP contribution in [-0.4, -0.2) is 49.6 Å². The number of hydrazine groups is 1. The minimum absolute atomic E-state index is 0.207. The van der Waals surface area contributed by atoms with Crippen molar-refractivity contribution in [1.82, 2.24) is 10.6 Å². The van der Waals surface area contributed by atoms with Gasteiger partial charge in [0.1, 0.15) is 13.2 Å². The molecule has 0 saturated carbocycles. The molecule has 1 N–H and O–H groups in total. The maximum atomic E-state index is 5.42. The highest BCUT2D eigenvalue weighted by atomic mass is 16.7. The molecule has 2 unspecified atom stereocenters. The van der Waals surface area contributed by atoms with Crippen LogP contribution in [0.25, 0.3) is 0 Å². The van der Waals surface area contributed by atoms with E-state index < -0.39 is 5.66 Å². The Kier molecular flexibility index (Phi) is 2.04. The number of hydrogen-bond donors (Lipinski definition) is 1. The van der Waals surface area contributed by atoms with Gasteiger partial charge in [-0.15, -0.1) is 5.11 Å². The van der Waals surface area contributed by atoms with Gasteiger partial charge in [0.2, 0.25) is 5.66 Å². The molecule has 0 bridgehead atoms. The highest BCUT2D eigenvalue weighted by molar-refractivity contribution is 5.50. The van der Waals surface area contributed by atoms with Gasteiger partial charge in [-0.25, -0.2) is 10.4 Å². The smallest absolute Gasteiger partial charge is 0.215 e. The fourth-order valence-electron chi connectivity index (χ4n) is 1.79. The normalized spacial score (nSPS) is 39.6. The molecule has 3 heterocycles. The minimum atomic E-state index is -0.684. The predicted octanol–water partition coefficient (Wildman–Crippen LogP) is -0.741. The fourth-order valence-corrected chi connectivity index (χ4v) is 1.79. The minimum Gasteiger partial charge on any atom is -0.479 e. The van der Waals surface area contributed by atoms with Crippen LogP contribution in [0.4, 0.5) is 0 Å². The number of nitrogens with one attached hydrogen (secondary N) is 1. The standard InChI is InChI=1S/C7H11N5O3/c1-2-15-12(9-1)7(4-13-5-8-7)6-3-14-11-10-6/h5-6,9H,1-4H2. The van der Waals surface area contributed by atoms with Crippen molar-refractivity contribution in [3.05, 3.63) is 0 Å². The average Bonchev–Trinajstić information content (AvgIpc) is 3.02. The van der Waals surface area contributed by atoms with Gasteiger partial charge in [0.05, 0.1) is 6.61 Å². The Morgan fingerprint density at radius 2 is 2.53 bits per heavy atom. The van der Waals surface area contributed by atoms with Crippen LogP contribution in [0.3, 0.4) is 0 Å². The molecule has 15 heavy (non-hydrogen) atoms. The summed E-state index contributed by atoms with van der Waals surface area (Å²) in [5, 5.41) is 9.09. The Balaban J connectivity index is 1.87. The van der Waals surface area contributed by atoms with E-state index in [1.54, 1.807) is 5.17 Å². The molecule has 0 aliphatic carbocycles. The van der Waals surface area contributed by atoms with Gasteiger partial charge in [0, 0.05) is 11.8 Å². The van der Waals surface area contributed by atoms with E-state index in [9.17, 15) is 0 Å². The van der Waals surface area contributed by atoms with Gasteiger partial charge in [-0.1, -0.05) is 5.17 Å². The van der Waals surface area contributed by atoms with E-state index in [1.807, 2.05) is 0 Å². The second-order valence-corrected chi connectivity index (χ2v) is 3.47. The first kappa shape index (κ1) is 9.01. The van der Waals surface area contributed by atoms with E-state index in [1.165, 1.54) is 6.40 Å². The number of rotatable bonds is 2. The lowest BCUT2D eigenvalue weighted by atomic mass is 10.0. The molecule has 3 aliphatic heterocycles. The molecule has 82 valence electrons. The zero-order valence-electron chi connectivity index (χ0n) is 8.00.